The van der Waals surface area contributed by atoms with Crippen LogP contribution in [0.3, 0.4) is 0 Å². The van der Waals surface area contributed by atoms with Crippen LogP contribution in [0.2, 0.25) is 0 Å². The van der Waals surface area contributed by atoms with Crippen LogP contribution in [0.5, 0.6) is 0 Å². The summed E-state index contributed by atoms with van der Waals surface area (Å²) in [6.07, 6.45) is 1.61. The molecule has 0 spiro atoms. The molecule has 0 amide bonds. The average Bonchev–Trinajstić information content (AvgIpc) is 2.84. The Morgan fingerprint density at radius 2 is 1.77 bits per heavy atom. The average molecular weight is 344 g/mol. The van der Waals surface area contributed by atoms with E-state index in [1.165, 1.54) is 18.2 Å². The van der Waals surface area contributed by atoms with Crippen molar-refractivity contribution in [2.75, 3.05) is 6.26 Å². The number of rotatable bonds is 4. The first-order valence-corrected chi connectivity index (χ1v) is 10.1. The lowest BCUT2D eigenvalue weighted by atomic mass is 10.1. The van der Waals surface area contributed by atoms with Crippen LogP contribution in [-0.2, 0) is 28.9 Å². The van der Waals surface area contributed by atoms with E-state index in [0.717, 1.165) is 6.26 Å². The summed E-state index contributed by atoms with van der Waals surface area (Å²) in [7, 11) is -7.63. The third-order valence-corrected chi connectivity index (χ3v) is 6.13. The second-order valence-electron chi connectivity index (χ2n) is 5.40. The summed E-state index contributed by atoms with van der Waals surface area (Å²) < 4.78 is 59.2. The lowest BCUT2D eigenvalue weighted by Gasteiger charge is -2.29. The molecule has 3 atom stereocenters. The van der Waals surface area contributed by atoms with Gasteiger partial charge in [0, 0.05) is 0 Å². The number of fused-ring (bicyclic) bond motifs is 2. The molecule has 2 aliphatic rings. The maximum atomic E-state index is 12.8. The number of benzene rings is 1. The molecule has 2 bridgehead atoms. The molecule has 22 heavy (non-hydrogen) atoms. The molecule has 3 unspecified atom stereocenters. The Morgan fingerprint density at radius 3 is 2.41 bits per heavy atom. The number of ether oxygens (including phenoxy) is 1. The Balaban J connectivity index is 2.06. The van der Waals surface area contributed by atoms with Gasteiger partial charge in [-0.25, -0.2) is 8.42 Å². The lowest BCUT2D eigenvalue weighted by molar-refractivity contribution is -0.00121. The predicted molar refractivity (Wildman–Crippen MR) is 79.3 cm³/mol. The molecule has 2 aliphatic heterocycles. The van der Waals surface area contributed by atoms with Gasteiger partial charge in [-0.05, 0) is 31.1 Å². The summed E-state index contributed by atoms with van der Waals surface area (Å²) in [5.74, 6) is 0. The predicted octanol–water partition coefficient (Wildman–Crippen LogP) is 1.25. The van der Waals surface area contributed by atoms with Crippen LogP contribution >= 0.6 is 0 Å². The van der Waals surface area contributed by atoms with E-state index in [-0.39, 0.29) is 15.9 Å². The van der Waals surface area contributed by atoms with Gasteiger partial charge in [0.15, 0.2) is 0 Å². The van der Waals surface area contributed by atoms with Crippen LogP contribution in [0, 0.1) is 0 Å². The highest BCUT2D eigenvalue weighted by atomic mass is 32.2. The standard InChI is InChI=1S/C14H16O6S2/c1-21(15,16)20-14-12-8-7-10(19-12)9-13(14)22(17,18)11-5-3-2-4-6-11/h2-6,9-10,12,14H,7-8H2,1H3. The van der Waals surface area contributed by atoms with Crippen LogP contribution in [0.15, 0.2) is 46.2 Å². The quantitative estimate of drug-likeness (QED) is 0.764. The van der Waals surface area contributed by atoms with Crippen molar-refractivity contribution in [1.82, 2.24) is 0 Å². The van der Waals surface area contributed by atoms with Crippen molar-refractivity contribution in [2.45, 2.75) is 36.0 Å². The third-order valence-electron chi connectivity index (χ3n) is 3.70. The molecule has 2 heterocycles. The smallest absolute Gasteiger partial charge is 0.265 e. The summed E-state index contributed by atoms with van der Waals surface area (Å²) in [5, 5.41) is 0. The SMILES string of the molecule is CS(=O)(=O)OC1C(S(=O)(=O)c2ccccc2)=CC2CCC1O2. The highest BCUT2D eigenvalue weighted by Gasteiger charge is 2.45. The molecule has 3 rings (SSSR count). The monoisotopic (exact) mass is 344 g/mol. The van der Waals surface area contributed by atoms with Crippen LogP contribution in [0.4, 0.5) is 0 Å². The fourth-order valence-corrected chi connectivity index (χ4v) is 5.06. The Labute approximate surface area is 129 Å². The summed E-state index contributed by atoms with van der Waals surface area (Å²) in [6, 6.07) is 7.91. The normalized spacial score (nSPS) is 28.4. The van der Waals surface area contributed by atoms with Crippen molar-refractivity contribution >= 4 is 20.0 Å². The second-order valence-corrected chi connectivity index (χ2v) is 8.95. The van der Waals surface area contributed by atoms with E-state index in [4.69, 9.17) is 8.92 Å². The maximum absolute atomic E-state index is 12.8. The second kappa shape index (κ2) is 5.45. The largest absolute Gasteiger partial charge is 0.368 e. The number of hydrogen-bond donors (Lipinski definition) is 0. The first-order chi connectivity index (χ1) is 10.3. The number of sulfone groups is 1. The third kappa shape index (κ3) is 2.96. The summed E-state index contributed by atoms with van der Waals surface area (Å²) in [4.78, 5) is 0.0903. The Morgan fingerprint density at radius 1 is 1.09 bits per heavy atom. The lowest BCUT2D eigenvalue weighted by Crippen LogP contribution is -2.38. The van der Waals surface area contributed by atoms with Gasteiger partial charge < -0.3 is 4.74 Å². The van der Waals surface area contributed by atoms with Crippen LogP contribution in [0.1, 0.15) is 12.8 Å². The van der Waals surface area contributed by atoms with E-state index in [1.54, 1.807) is 18.2 Å². The van der Waals surface area contributed by atoms with Gasteiger partial charge in [-0.1, -0.05) is 18.2 Å². The van der Waals surface area contributed by atoms with E-state index in [9.17, 15) is 16.8 Å². The molecule has 0 N–H and O–H groups in total. The van der Waals surface area contributed by atoms with Crippen molar-refractivity contribution in [3.05, 3.63) is 41.3 Å². The molecule has 8 heteroatoms. The highest BCUT2D eigenvalue weighted by Crippen LogP contribution is 2.38. The summed E-state index contributed by atoms with van der Waals surface area (Å²) in [6.45, 7) is 0. The van der Waals surface area contributed by atoms with Gasteiger partial charge in [0.25, 0.3) is 10.1 Å². The molecule has 0 aromatic heterocycles. The molecule has 1 aromatic carbocycles. The van der Waals surface area contributed by atoms with Crippen molar-refractivity contribution < 1.29 is 25.8 Å². The van der Waals surface area contributed by atoms with Gasteiger partial charge >= 0.3 is 0 Å². The van der Waals surface area contributed by atoms with Crippen molar-refractivity contribution in [1.29, 1.82) is 0 Å². The van der Waals surface area contributed by atoms with Crippen LogP contribution in [0.25, 0.3) is 0 Å². The summed E-state index contributed by atoms with van der Waals surface area (Å²) in [5.41, 5.74) is 0. The molecule has 1 fully saturated rings. The summed E-state index contributed by atoms with van der Waals surface area (Å²) >= 11 is 0. The van der Waals surface area contributed by atoms with E-state index >= 15 is 0 Å². The zero-order valence-corrected chi connectivity index (χ0v) is 13.5. The zero-order chi connectivity index (χ0) is 16.0. The Kier molecular flexibility index (Phi) is 3.88. The molecule has 0 aliphatic carbocycles. The van der Waals surface area contributed by atoms with Gasteiger partial charge in [0.05, 0.1) is 28.3 Å². The van der Waals surface area contributed by atoms with Gasteiger partial charge in [-0.15, -0.1) is 0 Å². The van der Waals surface area contributed by atoms with Gasteiger partial charge in [0.2, 0.25) is 9.84 Å². The molecule has 120 valence electrons. The maximum Gasteiger partial charge on any atom is 0.265 e. The Bertz CT molecular complexity index is 795. The first kappa shape index (κ1) is 15.7. The van der Waals surface area contributed by atoms with Crippen molar-refractivity contribution in [3.63, 3.8) is 0 Å². The van der Waals surface area contributed by atoms with E-state index in [1.807, 2.05) is 0 Å². The molecular formula is C14H16O6S2. The fraction of sp³-hybridized carbons (Fsp3) is 0.429. The highest BCUT2D eigenvalue weighted by molar-refractivity contribution is 7.95. The zero-order valence-electron chi connectivity index (χ0n) is 11.9. The molecule has 1 saturated heterocycles. The van der Waals surface area contributed by atoms with E-state index in [0.29, 0.717) is 12.8 Å². The minimum atomic E-state index is -3.82. The topological polar surface area (TPSA) is 86.7 Å². The minimum absolute atomic E-state index is 0.0251. The van der Waals surface area contributed by atoms with Gasteiger partial charge in [-0.3, -0.25) is 4.18 Å². The molecule has 1 aromatic rings. The molecular weight excluding hydrogens is 328 g/mol. The van der Waals surface area contributed by atoms with Crippen molar-refractivity contribution in [3.8, 4) is 0 Å². The molecule has 0 saturated carbocycles. The minimum Gasteiger partial charge on any atom is -0.368 e. The molecule has 6 nitrogen and oxygen atoms in total. The fourth-order valence-electron chi connectivity index (χ4n) is 2.77. The van der Waals surface area contributed by atoms with Crippen LogP contribution in [-0.4, -0.2) is 41.4 Å². The van der Waals surface area contributed by atoms with Crippen molar-refractivity contribution in [2.24, 2.45) is 0 Å². The van der Waals surface area contributed by atoms with Gasteiger partial charge in [0.1, 0.15) is 6.10 Å². The van der Waals surface area contributed by atoms with Crippen LogP contribution < -0.4 is 0 Å². The van der Waals surface area contributed by atoms with E-state index in [2.05, 4.69) is 0 Å². The molecule has 0 radical (unpaired) electrons. The first-order valence-electron chi connectivity index (χ1n) is 6.83. The number of hydrogen-bond acceptors (Lipinski definition) is 6. The Hall–Kier alpha value is -1.22. The van der Waals surface area contributed by atoms with Gasteiger partial charge in [-0.2, -0.15) is 8.42 Å². The van der Waals surface area contributed by atoms with E-state index < -0.39 is 32.2 Å².